The van der Waals surface area contributed by atoms with Crippen LogP contribution in [-0.2, 0) is 11.4 Å². The van der Waals surface area contributed by atoms with Gasteiger partial charge in [0.2, 0.25) is 5.91 Å². The number of rotatable bonds is 9. The standard InChI is InChI=1S/C33H29NO5/c1-38-31-18-24(16-17-30(31)39-21-22-10-4-2-5-11-22)26(19-29(35)23-12-6-3-7-13-23)27-20-32(36)34-28-15-9-8-14-25(28)33(27)37/h2-18,26-27H,19-21H2,1H3,(H,34,36). The Morgan fingerprint density at radius 3 is 2.31 bits per heavy atom. The Kier molecular flexibility index (Phi) is 7.83. The van der Waals surface area contributed by atoms with E-state index in [2.05, 4.69) is 5.32 Å². The number of carbonyl (C=O) groups is 3. The summed E-state index contributed by atoms with van der Waals surface area (Å²) in [4.78, 5) is 40.1. The van der Waals surface area contributed by atoms with Gasteiger partial charge in [0.05, 0.1) is 12.8 Å². The van der Waals surface area contributed by atoms with Gasteiger partial charge in [-0.15, -0.1) is 0 Å². The molecule has 0 saturated heterocycles. The fourth-order valence-electron chi connectivity index (χ4n) is 5.03. The van der Waals surface area contributed by atoms with E-state index in [9.17, 15) is 14.4 Å². The van der Waals surface area contributed by atoms with Crippen LogP contribution < -0.4 is 14.8 Å². The molecule has 6 heteroatoms. The number of Topliss-reactive ketones (excluding diaryl/α,β-unsaturated/α-hetero) is 2. The van der Waals surface area contributed by atoms with Gasteiger partial charge in [0.25, 0.3) is 0 Å². The van der Waals surface area contributed by atoms with E-state index in [0.29, 0.717) is 34.9 Å². The predicted molar refractivity (Wildman–Crippen MR) is 149 cm³/mol. The van der Waals surface area contributed by atoms with E-state index in [1.807, 2.05) is 60.7 Å². The third-order valence-corrected chi connectivity index (χ3v) is 7.05. The second-order valence-corrected chi connectivity index (χ2v) is 9.55. The lowest BCUT2D eigenvalue weighted by Crippen LogP contribution is -2.26. The largest absolute Gasteiger partial charge is 0.493 e. The average Bonchev–Trinajstić information content (AvgIpc) is 3.10. The van der Waals surface area contributed by atoms with E-state index >= 15 is 0 Å². The number of hydrogen-bond donors (Lipinski definition) is 1. The lowest BCUT2D eigenvalue weighted by Gasteiger charge is -2.25. The summed E-state index contributed by atoms with van der Waals surface area (Å²) < 4.78 is 11.7. The quantitative estimate of drug-likeness (QED) is 0.256. The van der Waals surface area contributed by atoms with Crippen molar-refractivity contribution < 1.29 is 23.9 Å². The van der Waals surface area contributed by atoms with Crippen molar-refractivity contribution in [3.8, 4) is 11.5 Å². The van der Waals surface area contributed by atoms with Gasteiger partial charge in [-0.3, -0.25) is 14.4 Å². The van der Waals surface area contributed by atoms with Gasteiger partial charge in [-0.05, 0) is 35.4 Å². The number of amides is 1. The van der Waals surface area contributed by atoms with Crippen molar-refractivity contribution in [2.75, 3.05) is 12.4 Å². The number of nitrogens with one attached hydrogen (secondary N) is 1. The van der Waals surface area contributed by atoms with Crippen LogP contribution in [0.25, 0.3) is 0 Å². The Balaban J connectivity index is 1.51. The highest BCUT2D eigenvalue weighted by Gasteiger charge is 2.37. The minimum atomic E-state index is -0.734. The molecule has 1 N–H and O–H groups in total. The molecule has 0 bridgehead atoms. The van der Waals surface area contributed by atoms with E-state index < -0.39 is 11.8 Å². The van der Waals surface area contributed by atoms with Crippen molar-refractivity contribution in [2.45, 2.75) is 25.4 Å². The monoisotopic (exact) mass is 519 g/mol. The summed E-state index contributed by atoms with van der Waals surface area (Å²) in [7, 11) is 1.55. The Bertz CT molecular complexity index is 1480. The smallest absolute Gasteiger partial charge is 0.225 e. The molecule has 0 radical (unpaired) electrons. The lowest BCUT2D eigenvalue weighted by molar-refractivity contribution is -0.116. The van der Waals surface area contributed by atoms with Gasteiger partial charge >= 0.3 is 0 Å². The Labute approximate surface area is 227 Å². The van der Waals surface area contributed by atoms with Crippen LogP contribution in [0.15, 0.2) is 103 Å². The second-order valence-electron chi connectivity index (χ2n) is 9.55. The zero-order valence-electron chi connectivity index (χ0n) is 21.6. The molecule has 2 unspecified atom stereocenters. The number of benzene rings is 4. The highest BCUT2D eigenvalue weighted by molar-refractivity contribution is 6.11. The number of ketones is 2. The van der Waals surface area contributed by atoms with Gasteiger partial charge in [0, 0.05) is 35.8 Å². The molecule has 2 atom stereocenters. The van der Waals surface area contributed by atoms with Gasteiger partial charge in [0.1, 0.15) is 6.61 Å². The molecule has 0 aromatic heterocycles. The van der Waals surface area contributed by atoms with Crippen LogP contribution in [0.1, 0.15) is 50.6 Å². The maximum atomic E-state index is 13.8. The fourth-order valence-corrected chi connectivity index (χ4v) is 5.03. The maximum Gasteiger partial charge on any atom is 0.225 e. The SMILES string of the molecule is COc1cc(C(CC(=O)c2ccccc2)C2CC(=O)Nc3ccccc3C2=O)ccc1OCc1ccccc1. The topological polar surface area (TPSA) is 81.7 Å². The summed E-state index contributed by atoms with van der Waals surface area (Å²) in [5.74, 6) is -0.778. The number of fused-ring (bicyclic) bond motifs is 1. The third kappa shape index (κ3) is 5.91. The molecule has 39 heavy (non-hydrogen) atoms. The molecule has 4 aromatic rings. The molecular weight excluding hydrogens is 490 g/mol. The Hall–Kier alpha value is -4.71. The van der Waals surface area contributed by atoms with Crippen LogP contribution in [0.3, 0.4) is 0 Å². The molecule has 0 spiro atoms. The average molecular weight is 520 g/mol. The highest BCUT2D eigenvalue weighted by Crippen LogP contribution is 2.40. The second kappa shape index (κ2) is 11.8. The van der Waals surface area contributed by atoms with Gasteiger partial charge < -0.3 is 14.8 Å². The molecule has 0 fully saturated rings. The summed E-state index contributed by atoms with van der Waals surface area (Å²) in [6.07, 6.45) is 0.0259. The number of hydrogen-bond acceptors (Lipinski definition) is 5. The van der Waals surface area contributed by atoms with Crippen molar-refractivity contribution in [1.82, 2.24) is 0 Å². The molecule has 0 saturated carbocycles. The Morgan fingerprint density at radius 1 is 0.872 bits per heavy atom. The van der Waals surface area contributed by atoms with Crippen LogP contribution in [-0.4, -0.2) is 24.6 Å². The zero-order chi connectivity index (χ0) is 27.2. The molecule has 0 aliphatic carbocycles. The molecule has 4 aromatic carbocycles. The number of para-hydroxylation sites is 1. The first-order chi connectivity index (χ1) is 19.0. The molecule has 1 amide bonds. The Morgan fingerprint density at radius 2 is 1.56 bits per heavy atom. The van der Waals surface area contributed by atoms with Crippen molar-refractivity contribution in [3.63, 3.8) is 0 Å². The normalized spacial score (nSPS) is 15.5. The maximum absolute atomic E-state index is 13.8. The number of carbonyl (C=O) groups excluding carboxylic acids is 3. The molecule has 6 nitrogen and oxygen atoms in total. The third-order valence-electron chi connectivity index (χ3n) is 7.05. The molecule has 1 aliphatic rings. The van der Waals surface area contributed by atoms with Gasteiger partial charge in [-0.25, -0.2) is 0 Å². The van der Waals surface area contributed by atoms with E-state index in [1.54, 1.807) is 49.6 Å². The minimum absolute atomic E-state index is 0.0329. The first kappa shape index (κ1) is 25.9. The zero-order valence-corrected chi connectivity index (χ0v) is 21.6. The summed E-state index contributed by atoms with van der Waals surface area (Å²) in [5.41, 5.74) is 3.24. The van der Waals surface area contributed by atoms with Crippen LogP contribution >= 0.6 is 0 Å². The fraction of sp³-hybridized carbons (Fsp3) is 0.182. The summed E-state index contributed by atoms with van der Waals surface area (Å²) >= 11 is 0. The van der Waals surface area contributed by atoms with E-state index in [0.717, 1.165) is 11.1 Å². The van der Waals surface area contributed by atoms with Crippen LogP contribution in [0.2, 0.25) is 0 Å². The molecule has 196 valence electrons. The molecular formula is C33H29NO5. The van der Waals surface area contributed by atoms with E-state index in [1.165, 1.54) is 0 Å². The first-order valence-electron chi connectivity index (χ1n) is 12.9. The predicted octanol–water partition coefficient (Wildman–Crippen LogP) is 6.47. The highest BCUT2D eigenvalue weighted by atomic mass is 16.5. The van der Waals surface area contributed by atoms with Crippen LogP contribution in [0.4, 0.5) is 5.69 Å². The first-order valence-corrected chi connectivity index (χ1v) is 12.9. The van der Waals surface area contributed by atoms with Gasteiger partial charge in [-0.1, -0.05) is 78.9 Å². The van der Waals surface area contributed by atoms with Crippen LogP contribution in [0.5, 0.6) is 11.5 Å². The number of anilines is 1. The summed E-state index contributed by atoms with van der Waals surface area (Å²) in [6.45, 7) is 0.366. The number of ether oxygens (including phenoxy) is 2. The number of methoxy groups -OCH3 is 1. The summed E-state index contributed by atoms with van der Waals surface area (Å²) in [5, 5.41) is 2.85. The summed E-state index contributed by atoms with van der Waals surface area (Å²) in [6, 6.07) is 31.3. The van der Waals surface area contributed by atoms with Gasteiger partial charge in [-0.2, -0.15) is 0 Å². The van der Waals surface area contributed by atoms with Crippen molar-refractivity contribution in [2.24, 2.45) is 5.92 Å². The lowest BCUT2D eigenvalue weighted by atomic mass is 9.76. The van der Waals surface area contributed by atoms with Crippen molar-refractivity contribution >= 4 is 23.2 Å². The van der Waals surface area contributed by atoms with E-state index in [4.69, 9.17) is 9.47 Å². The molecule has 1 aliphatic heterocycles. The molecule has 5 rings (SSSR count). The van der Waals surface area contributed by atoms with Gasteiger partial charge in [0.15, 0.2) is 23.1 Å². The molecule has 1 heterocycles. The van der Waals surface area contributed by atoms with Crippen LogP contribution in [0, 0.1) is 5.92 Å². The minimum Gasteiger partial charge on any atom is -0.493 e. The van der Waals surface area contributed by atoms with Crippen molar-refractivity contribution in [3.05, 3.63) is 125 Å². The van der Waals surface area contributed by atoms with Crippen molar-refractivity contribution in [1.29, 1.82) is 0 Å². The van der Waals surface area contributed by atoms with E-state index in [-0.39, 0.29) is 30.3 Å².